The molecule has 1 aromatic carbocycles. The second kappa shape index (κ2) is 5.43. The largest absolute Gasteiger partial charge is 0.388 e. The van der Waals surface area contributed by atoms with Crippen molar-refractivity contribution in [3.63, 3.8) is 0 Å². The zero-order chi connectivity index (χ0) is 12.2. The van der Waals surface area contributed by atoms with Gasteiger partial charge in [0.2, 0.25) is 10.0 Å². The van der Waals surface area contributed by atoms with E-state index < -0.39 is 16.1 Å². The van der Waals surface area contributed by atoms with E-state index in [4.69, 9.17) is 0 Å². The molecule has 0 aliphatic heterocycles. The average Bonchev–Trinajstić information content (AvgIpc) is 2.16. The van der Waals surface area contributed by atoms with Gasteiger partial charge >= 0.3 is 0 Å². The van der Waals surface area contributed by atoms with Gasteiger partial charge in [-0.05, 0) is 18.9 Å². The van der Waals surface area contributed by atoms with Crippen molar-refractivity contribution >= 4 is 10.0 Å². The third-order valence-electron chi connectivity index (χ3n) is 2.18. The molecule has 0 radical (unpaired) electrons. The fourth-order valence-electron chi connectivity index (χ4n) is 1.56. The molecule has 0 aromatic heterocycles. The minimum Gasteiger partial charge on any atom is -0.388 e. The van der Waals surface area contributed by atoms with Gasteiger partial charge in [0, 0.05) is 6.04 Å². The van der Waals surface area contributed by atoms with E-state index in [1.54, 1.807) is 6.92 Å². The topological polar surface area (TPSA) is 66.4 Å². The predicted molar refractivity (Wildman–Crippen MR) is 63.5 cm³/mol. The molecule has 2 atom stereocenters. The highest BCUT2D eigenvalue weighted by molar-refractivity contribution is 7.88. The molecular weight excluding hydrogens is 226 g/mol. The number of benzene rings is 1. The lowest BCUT2D eigenvalue weighted by molar-refractivity contribution is 0.158. The summed E-state index contributed by atoms with van der Waals surface area (Å²) in [5, 5.41) is 9.85. The van der Waals surface area contributed by atoms with Crippen LogP contribution < -0.4 is 4.72 Å². The maximum atomic E-state index is 11.0. The molecule has 0 saturated heterocycles. The first-order valence-corrected chi connectivity index (χ1v) is 6.98. The van der Waals surface area contributed by atoms with Gasteiger partial charge in [-0.25, -0.2) is 13.1 Å². The normalized spacial score (nSPS) is 15.7. The van der Waals surface area contributed by atoms with E-state index in [1.165, 1.54) is 0 Å². The minimum absolute atomic E-state index is 0.287. The maximum absolute atomic E-state index is 11.0. The lowest BCUT2D eigenvalue weighted by Gasteiger charge is -2.16. The van der Waals surface area contributed by atoms with E-state index in [-0.39, 0.29) is 6.04 Å². The summed E-state index contributed by atoms with van der Waals surface area (Å²) in [6, 6.07) is 8.90. The van der Waals surface area contributed by atoms with Gasteiger partial charge in [0.1, 0.15) is 0 Å². The number of hydrogen-bond acceptors (Lipinski definition) is 3. The van der Waals surface area contributed by atoms with E-state index in [9.17, 15) is 13.5 Å². The van der Waals surface area contributed by atoms with Crippen LogP contribution in [-0.2, 0) is 10.0 Å². The molecular formula is C11H17NO3S. The van der Waals surface area contributed by atoms with E-state index in [0.717, 1.165) is 11.8 Å². The second-order valence-corrected chi connectivity index (χ2v) is 5.73. The lowest BCUT2D eigenvalue weighted by Crippen LogP contribution is -2.32. The third-order valence-corrected chi connectivity index (χ3v) is 3.01. The average molecular weight is 243 g/mol. The molecule has 90 valence electrons. The van der Waals surface area contributed by atoms with E-state index in [2.05, 4.69) is 4.72 Å². The van der Waals surface area contributed by atoms with E-state index in [1.807, 2.05) is 30.3 Å². The Morgan fingerprint density at radius 3 is 2.38 bits per heavy atom. The Labute approximate surface area is 96.4 Å². The van der Waals surface area contributed by atoms with Gasteiger partial charge in [0.25, 0.3) is 0 Å². The molecule has 0 fully saturated rings. The van der Waals surface area contributed by atoms with Crippen LogP contribution in [0.15, 0.2) is 30.3 Å². The highest BCUT2D eigenvalue weighted by atomic mass is 32.2. The SMILES string of the molecule is CC(CC(O)c1ccccc1)NS(C)(=O)=O. The minimum atomic E-state index is -3.21. The molecule has 4 nitrogen and oxygen atoms in total. The molecule has 0 heterocycles. The molecule has 0 saturated carbocycles. The van der Waals surface area contributed by atoms with Crippen LogP contribution in [0.5, 0.6) is 0 Å². The van der Waals surface area contributed by atoms with Gasteiger partial charge in [-0.3, -0.25) is 0 Å². The quantitative estimate of drug-likeness (QED) is 0.812. The molecule has 1 rings (SSSR count). The number of rotatable bonds is 5. The van der Waals surface area contributed by atoms with Crippen molar-refractivity contribution in [2.45, 2.75) is 25.5 Å². The fraction of sp³-hybridized carbons (Fsp3) is 0.455. The van der Waals surface area contributed by atoms with Crippen molar-refractivity contribution in [2.75, 3.05) is 6.26 Å². The summed E-state index contributed by atoms with van der Waals surface area (Å²) in [5.74, 6) is 0. The number of aliphatic hydroxyl groups excluding tert-OH is 1. The first-order valence-electron chi connectivity index (χ1n) is 5.09. The summed E-state index contributed by atoms with van der Waals surface area (Å²) in [6.07, 6.45) is 0.820. The number of aliphatic hydroxyl groups is 1. The highest BCUT2D eigenvalue weighted by Crippen LogP contribution is 2.17. The van der Waals surface area contributed by atoms with Crippen LogP contribution in [0.1, 0.15) is 25.0 Å². The predicted octanol–water partition coefficient (Wildman–Crippen LogP) is 1.05. The van der Waals surface area contributed by atoms with Gasteiger partial charge in [-0.1, -0.05) is 30.3 Å². The van der Waals surface area contributed by atoms with Crippen LogP contribution in [0.3, 0.4) is 0 Å². The fourth-order valence-corrected chi connectivity index (χ4v) is 2.39. The molecule has 0 bridgehead atoms. The van der Waals surface area contributed by atoms with Crippen LogP contribution in [0.2, 0.25) is 0 Å². The van der Waals surface area contributed by atoms with Crippen molar-refractivity contribution in [1.82, 2.24) is 4.72 Å². The summed E-state index contributed by atoms with van der Waals surface area (Å²) >= 11 is 0. The standard InChI is InChI=1S/C11H17NO3S/c1-9(12-16(2,14)15)8-11(13)10-6-4-3-5-7-10/h3-7,9,11-13H,8H2,1-2H3. The van der Waals surface area contributed by atoms with Crippen molar-refractivity contribution < 1.29 is 13.5 Å². The van der Waals surface area contributed by atoms with Gasteiger partial charge in [-0.15, -0.1) is 0 Å². The highest BCUT2D eigenvalue weighted by Gasteiger charge is 2.14. The Kier molecular flexibility index (Phi) is 4.46. The Bertz CT molecular complexity index is 416. The van der Waals surface area contributed by atoms with Crippen LogP contribution in [0, 0.1) is 0 Å². The molecule has 1 aromatic rings. The monoisotopic (exact) mass is 243 g/mol. The zero-order valence-corrected chi connectivity index (χ0v) is 10.2. The second-order valence-electron chi connectivity index (χ2n) is 3.95. The first kappa shape index (κ1) is 13.2. The first-order chi connectivity index (χ1) is 7.38. The number of sulfonamides is 1. The van der Waals surface area contributed by atoms with Gasteiger partial charge < -0.3 is 5.11 Å². The number of nitrogens with one attached hydrogen (secondary N) is 1. The molecule has 0 aliphatic carbocycles. The van der Waals surface area contributed by atoms with Crippen LogP contribution in [-0.4, -0.2) is 25.8 Å². The summed E-state index contributed by atoms with van der Waals surface area (Å²) < 4.78 is 24.4. The van der Waals surface area contributed by atoms with Crippen molar-refractivity contribution in [2.24, 2.45) is 0 Å². The maximum Gasteiger partial charge on any atom is 0.208 e. The Morgan fingerprint density at radius 2 is 1.88 bits per heavy atom. The van der Waals surface area contributed by atoms with Gasteiger partial charge in [0.05, 0.1) is 12.4 Å². The van der Waals surface area contributed by atoms with Crippen molar-refractivity contribution in [3.8, 4) is 0 Å². The molecule has 5 heteroatoms. The third kappa shape index (κ3) is 4.74. The van der Waals surface area contributed by atoms with Gasteiger partial charge in [0.15, 0.2) is 0 Å². The Hall–Kier alpha value is -0.910. The zero-order valence-electron chi connectivity index (χ0n) is 9.42. The van der Waals surface area contributed by atoms with Crippen molar-refractivity contribution in [1.29, 1.82) is 0 Å². The molecule has 0 aliphatic rings. The van der Waals surface area contributed by atoms with Crippen molar-refractivity contribution in [3.05, 3.63) is 35.9 Å². The smallest absolute Gasteiger partial charge is 0.208 e. The summed E-state index contributed by atoms with van der Waals surface area (Å²) in [7, 11) is -3.21. The van der Waals surface area contributed by atoms with Crippen LogP contribution >= 0.6 is 0 Å². The van der Waals surface area contributed by atoms with E-state index >= 15 is 0 Å². The van der Waals surface area contributed by atoms with Gasteiger partial charge in [-0.2, -0.15) is 0 Å². The summed E-state index contributed by atoms with van der Waals surface area (Å²) in [4.78, 5) is 0. The Balaban J connectivity index is 2.55. The Morgan fingerprint density at radius 1 is 1.31 bits per heavy atom. The number of hydrogen-bond donors (Lipinski definition) is 2. The molecule has 0 amide bonds. The molecule has 16 heavy (non-hydrogen) atoms. The molecule has 0 spiro atoms. The lowest BCUT2D eigenvalue weighted by atomic mass is 10.0. The summed E-state index contributed by atoms with van der Waals surface area (Å²) in [5.41, 5.74) is 0.796. The summed E-state index contributed by atoms with van der Waals surface area (Å²) in [6.45, 7) is 1.73. The van der Waals surface area contributed by atoms with Crippen LogP contribution in [0.25, 0.3) is 0 Å². The molecule has 2 unspecified atom stereocenters. The van der Waals surface area contributed by atoms with E-state index in [0.29, 0.717) is 6.42 Å². The molecule has 2 N–H and O–H groups in total. The van der Waals surface area contributed by atoms with Crippen LogP contribution in [0.4, 0.5) is 0 Å².